The van der Waals surface area contributed by atoms with Crippen molar-refractivity contribution in [1.29, 1.82) is 0 Å². The van der Waals surface area contributed by atoms with Gasteiger partial charge in [0.05, 0.1) is 11.6 Å². The molecule has 4 rings (SSSR count). The van der Waals surface area contributed by atoms with E-state index in [4.69, 9.17) is 16.3 Å². The first-order chi connectivity index (χ1) is 11.7. The second kappa shape index (κ2) is 6.61. The Morgan fingerprint density at radius 3 is 3.04 bits per heavy atom. The van der Waals surface area contributed by atoms with Crippen LogP contribution in [0.5, 0.6) is 5.75 Å². The topological polar surface area (TPSA) is 38.3 Å². The number of benzene rings is 1. The SMILES string of the molecule is O=C(NC[C@@H]1Cc2cc(-c3ccsc3)cc(Cl)c2O1)C1=CCCC1. The van der Waals surface area contributed by atoms with Crippen LogP contribution in [-0.4, -0.2) is 18.6 Å². The standard InChI is InChI=1S/C19H18ClNO2S/c20-17-9-14(13-5-6-24-11-13)7-15-8-16(23-18(15)17)10-21-19(22)12-3-1-2-4-12/h3,5-7,9,11,16H,1-2,4,8,10H2,(H,21,22)/t16-/m0/s1. The molecule has 0 radical (unpaired) electrons. The summed E-state index contributed by atoms with van der Waals surface area (Å²) < 4.78 is 5.96. The summed E-state index contributed by atoms with van der Waals surface area (Å²) in [5.41, 5.74) is 4.31. The molecule has 24 heavy (non-hydrogen) atoms. The monoisotopic (exact) mass is 359 g/mol. The highest BCUT2D eigenvalue weighted by atomic mass is 35.5. The Morgan fingerprint density at radius 2 is 2.29 bits per heavy atom. The number of carbonyl (C=O) groups excluding carboxylic acids is 1. The number of carbonyl (C=O) groups is 1. The van der Waals surface area contributed by atoms with Gasteiger partial charge in [-0.2, -0.15) is 11.3 Å². The van der Waals surface area contributed by atoms with Gasteiger partial charge in [0.25, 0.3) is 0 Å². The maximum Gasteiger partial charge on any atom is 0.247 e. The summed E-state index contributed by atoms with van der Waals surface area (Å²) in [5.74, 6) is 0.798. The molecule has 1 atom stereocenters. The minimum Gasteiger partial charge on any atom is -0.486 e. The number of hydrogen-bond donors (Lipinski definition) is 1. The zero-order valence-electron chi connectivity index (χ0n) is 13.2. The minimum absolute atomic E-state index is 0.0390. The largest absolute Gasteiger partial charge is 0.486 e. The van der Waals surface area contributed by atoms with E-state index in [9.17, 15) is 4.79 Å². The molecule has 124 valence electrons. The zero-order chi connectivity index (χ0) is 16.5. The highest BCUT2D eigenvalue weighted by molar-refractivity contribution is 7.08. The molecule has 0 unspecified atom stereocenters. The maximum absolute atomic E-state index is 12.1. The van der Waals surface area contributed by atoms with Crippen LogP contribution in [0.1, 0.15) is 24.8 Å². The molecule has 0 saturated carbocycles. The molecule has 1 aliphatic heterocycles. The Labute approximate surface area is 150 Å². The van der Waals surface area contributed by atoms with Crippen molar-refractivity contribution < 1.29 is 9.53 Å². The van der Waals surface area contributed by atoms with E-state index in [1.165, 1.54) is 5.56 Å². The number of ether oxygens (including phenoxy) is 1. The molecule has 2 heterocycles. The van der Waals surface area contributed by atoms with E-state index in [1.807, 2.05) is 12.1 Å². The average Bonchev–Trinajstić information content (AvgIpc) is 3.32. The second-order valence-corrected chi connectivity index (χ2v) is 7.42. The van der Waals surface area contributed by atoms with Gasteiger partial charge in [0.2, 0.25) is 5.91 Å². The van der Waals surface area contributed by atoms with Gasteiger partial charge in [0.1, 0.15) is 11.9 Å². The Hall–Kier alpha value is -1.78. The summed E-state index contributed by atoms with van der Waals surface area (Å²) in [6.07, 6.45) is 5.72. The van der Waals surface area contributed by atoms with Crippen LogP contribution in [0.3, 0.4) is 0 Å². The molecule has 1 aromatic heterocycles. The van der Waals surface area contributed by atoms with E-state index >= 15 is 0 Å². The summed E-state index contributed by atoms with van der Waals surface area (Å²) in [6, 6.07) is 6.18. The van der Waals surface area contributed by atoms with Crippen molar-refractivity contribution in [3.05, 3.63) is 51.2 Å². The third kappa shape index (κ3) is 3.08. The summed E-state index contributed by atoms with van der Waals surface area (Å²) in [7, 11) is 0. The van der Waals surface area contributed by atoms with Crippen molar-refractivity contribution in [2.45, 2.75) is 31.8 Å². The van der Waals surface area contributed by atoms with Gasteiger partial charge in [-0.1, -0.05) is 17.7 Å². The number of hydrogen-bond acceptors (Lipinski definition) is 3. The molecule has 0 spiro atoms. The third-order valence-electron chi connectivity index (χ3n) is 4.53. The van der Waals surface area contributed by atoms with Crippen molar-refractivity contribution in [2.24, 2.45) is 0 Å². The average molecular weight is 360 g/mol. The zero-order valence-corrected chi connectivity index (χ0v) is 14.8. The van der Waals surface area contributed by atoms with Crippen LogP contribution in [0.25, 0.3) is 11.1 Å². The molecule has 1 amide bonds. The van der Waals surface area contributed by atoms with E-state index in [1.54, 1.807) is 11.3 Å². The highest BCUT2D eigenvalue weighted by Gasteiger charge is 2.27. The lowest BCUT2D eigenvalue weighted by molar-refractivity contribution is -0.117. The van der Waals surface area contributed by atoms with Crippen LogP contribution in [0.2, 0.25) is 5.02 Å². The molecule has 5 heteroatoms. The minimum atomic E-state index is -0.0545. The summed E-state index contributed by atoms with van der Waals surface area (Å²) in [5, 5.41) is 7.80. The molecule has 2 aliphatic rings. The van der Waals surface area contributed by atoms with Crippen molar-refractivity contribution in [2.75, 3.05) is 6.54 Å². The van der Waals surface area contributed by atoms with Gasteiger partial charge in [-0.3, -0.25) is 4.79 Å². The first kappa shape index (κ1) is 15.7. The Balaban J connectivity index is 1.44. The molecule has 1 aromatic carbocycles. The Morgan fingerprint density at radius 1 is 1.38 bits per heavy atom. The predicted octanol–water partition coefficient (Wildman–Crippen LogP) is 4.60. The van der Waals surface area contributed by atoms with E-state index < -0.39 is 0 Å². The fourth-order valence-electron chi connectivity index (χ4n) is 3.29. The lowest BCUT2D eigenvalue weighted by atomic mass is 10.0. The van der Waals surface area contributed by atoms with Crippen molar-refractivity contribution in [1.82, 2.24) is 5.32 Å². The fourth-order valence-corrected chi connectivity index (χ4v) is 4.24. The summed E-state index contributed by atoms with van der Waals surface area (Å²) in [4.78, 5) is 12.1. The number of allylic oxidation sites excluding steroid dienone is 1. The lowest BCUT2D eigenvalue weighted by Gasteiger charge is -2.12. The Kier molecular flexibility index (Phi) is 4.33. The van der Waals surface area contributed by atoms with E-state index in [0.29, 0.717) is 11.6 Å². The van der Waals surface area contributed by atoms with Crippen LogP contribution >= 0.6 is 22.9 Å². The van der Waals surface area contributed by atoms with Crippen LogP contribution in [-0.2, 0) is 11.2 Å². The maximum atomic E-state index is 12.1. The first-order valence-electron chi connectivity index (χ1n) is 8.19. The summed E-state index contributed by atoms with van der Waals surface area (Å²) >= 11 is 8.08. The smallest absolute Gasteiger partial charge is 0.247 e. The third-order valence-corrected chi connectivity index (χ3v) is 5.49. The first-order valence-corrected chi connectivity index (χ1v) is 9.51. The van der Waals surface area contributed by atoms with Gasteiger partial charge >= 0.3 is 0 Å². The molecule has 0 saturated heterocycles. The Bertz CT molecular complexity index is 798. The predicted molar refractivity (Wildman–Crippen MR) is 97.8 cm³/mol. The normalized spacial score (nSPS) is 18.9. The van der Waals surface area contributed by atoms with Crippen LogP contribution in [0, 0.1) is 0 Å². The van der Waals surface area contributed by atoms with Gasteiger partial charge in [0.15, 0.2) is 0 Å². The number of rotatable bonds is 4. The molecule has 0 fully saturated rings. The van der Waals surface area contributed by atoms with Crippen molar-refractivity contribution >= 4 is 28.8 Å². The second-order valence-electron chi connectivity index (χ2n) is 6.23. The summed E-state index contributed by atoms with van der Waals surface area (Å²) in [6.45, 7) is 0.509. The molecule has 1 aliphatic carbocycles. The van der Waals surface area contributed by atoms with E-state index in [-0.39, 0.29) is 12.0 Å². The number of thiophene rings is 1. The van der Waals surface area contributed by atoms with Crippen molar-refractivity contribution in [3.63, 3.8) is 0 Å². The van der Waals surface area contributed by atoms with E-state index in [0.717, 1.165) is 48.1 Å². The number of nitrogens with one attached hydrogen (secondary N) is 1. The molecule has 1 N–H and O–H groups in total. The number of fused-ring (bicyclic) bond motifs is 1. The number of amides is 1. The molecule has 0 bridgehead atoms. The van der Waals surface area contributed by atoms with Gasteiger partial charge in [-0.15, -0.1) is 0 Å². The number of halogens is 1. The lowest BCUT2D eigenvalue weighted by Crippen LogP contribution is -2.35. The fraction of sp³-hybridized carbons (Fsp3) is 0.316. The van der Waals surface area contributed by atoms with E-state index in [2.05, 4.69) is 28.2 Å². The quantitative estimate of drug-likeness (QED) is 0.866. The molecular formula is C19H18ClNO2S. The van der Waals surface area contributed by atoms with Crippen LogP contribution in [0.4, 0.5) is 0 Å². The van der Waals surface area contributed by atoms with Gasteiger partial charge in [0, 0.05) is 17.6 Å². The molecule has 3 nitrogen and oxygen atoms in total. The van der Waals surface area contributed by atoms with Crippen LogP contribution in [0.15, 0.2) is 40.6 Å². The molecule has 2 aromatic rings. The van der Waals surface area contributed by atoms with Crippen LogP contribution < -0.4 is 10.1 Å². The van der Waals surface area contributed by atoms with Crippen molar-refractivity contribution in [3.8, 4) is 16.9 Å². The highest BCUT2D eigenvalue weighted by Crippen LogP contribution is 2.39. The molecular weight excluding hydrogens is 342 g/mol. The van der Waals surface area contributed by atoms with Gasteiger partial charge in [-0.25, -0.2) is 0 Å². The van der Waals surface area contributed by atoms with Gasteiger partial charge < -0.3 is 10.1 Å². The van der Waals surface area contributed by atoms with Gasteiger partial charge in [-0.05, 0) is 59.3 Å².